The summed E-state index contributed by atoms with van der Waals surface area (Å²) in [6.45, 7) is 2.88. The quantitative estimate of drug-likeness (QED) is 0.695. The fourth-order valence-electron chi connectivity index (χ4n) is 1.61. The molecule has 0 saturated carbocycles. The molecule has 0 fully saturated rings. The Hall–Kier alpha value is -1.55. The van der Waals surface area contributed by atoms with Gasteiger partial charge in [-0.2, -0.15) is 0 Å². The van der Waals surface area contributed by atoms with E-state index in [9.17, 15) is 4.79 Å². The number of unbranched alkanes of at least 4 members (excludes halogenated alkanes) is 2. The molecule has 0 aliphatic heterocycles. The average Bonchev–Trinajstić information content (AvgIpc) is 2.36. The van der Waals surface area contributed by atoms with Crippen molar-refractivity contribution in [2.24, 2.45) is 5.73 Å². The molecule has 0 aliphatic carbocycles. The highest BCUT2D eigenvalue weighted by atomic mass is 16.5. The smallest absolute Gasteiger partial charge is 0.320 e. The van der Waals surface area contributed by atoms with Gasteiger partial charge in [0.05, 0.1) is 6.61 Å². The van der Waals surface area contributed by atoms with Crippen molar-refractivity contribution in [2.75, 3.05) is 6.61 Å². The second kappa shape index (κ2) is 7.71. The molecule has 1 unspecified atom stereocenters. The third-order valence-corrected chi connectivity index (χ3v) is 2.71. The molecule has 0 bridgehead atoms. The number of hydrogen-bond acceptors (Lipinski definition) is 3. The molecule has 0 saturated heterocycles. The minimum absolute atomic E-state index is 0.339. The van der Waals surface area contributed by atoms with Gasteiger partial charge in [0, 0.05) is 0 Å². The van der Waals surface area contributed by atoms with Crippen LogP contribution in [0.3, 0.4) is 0 Å². The Kier molecular flexibility index (Phi) is 6.22. The predicted molar refractivity (Wildman–Crippen MR) is 70.8 cm³/mol. The van der Waals surface area contributed by atoms with Crippen LogP contribution in [0.25, 0.3) is 0 Å². The van der Waals surface area contributed by atoms with Gasteiger partial charge in [0.15, 0.2) is 0 Å². The van der Waals surface area contributed by atoms with Crippen molar-refractivity contribution in [3.05, 3.63) is 29.8 Å². The number of carboxylic acids is 1. The van der Waals surface area contributed by atoms with Crippen molar-refractivity contribution >= 4 is 5.97 Å². The van der Waals surface area contributed by atoms with Crippen LogP contribution in [0.15, 0.2) is 24.3 Å². The SMILES string of the molecule is CCCCCOc1ccc(CC(N)C(=O)O)cc1. The van der Waals surface area contributed by atoms with E-state index < -0.39 is 12.0 Å². The van der Waals surface area contributed by atoms with E-state index in [1.54, 1.807) is 0 Å². The zero-order valence-electron chi connectivity index (χ0n) is 10.8. The van der Waals surface area contributed by atoms with Crippen LogP contribution in [0, 0.1) is 0 Å². The predicted octanol–water partition coefficient (Wildman–Crippen LogP) is 2.21. The van der Waals surface area contributed by atoms with E-state index in [0.29, 0.717) is 6.42 Å². The van der Waals surface area contributed by atoms with Crippen LogP contribution in [0.2, 0.25) is 0 Å². The van der Waals surface area contributed by atoms with Gasteiger partial charge in [0.25, 0.3) is 0 Å². The number of benzene rings is 1. The standard InChI is InChI=1S/C14H21NO3/c1-2-3-4-9-18-12-7-5-11(6-8-12)10-13(15)14(16)17/h5-8,13H,2-4,9-10,15H2,1H3,(H,16,17). The maximum atomic E-state index is 10.6. The first-order chi connectivity index (χ1) is 8.63. The number of aliphatic carboxylic acids is 1. The lowest BCUT2D eigenvalue weighted by Gasteiger charge is -2.08. The Morgan fingerprint density at radius 2 is 2.00 bits per heavy atom. The normalized spacial score (nSPS) is 12.1. The van der Waals surface area contributed by atoms with Crippen LogP contribution in [0.1, 0.15) is 31.7 Å². The van der Waals surface area contributed by atoms with E-state index in [1.165, 1.54) is 12.8 Å². The molecule has 0 heterocycles. The molecule has 0 radical (unpaired) electrons. The first-order valence-electron chi connectivity index (χ1n) is 6.33. The van der Waals surface area contributed by atoms with E-state index in [-0.39, 0.29) is 0 Å². The molecule has 0 aromatic heterocycles. The number of ether oxygens (including phenoxy) is 1. The van der Waals surface area contributed by atoms with Gasteiger partial charge in [0.1, 0.15) is 11.8 Å². The molecule has 1 atom stereocenters. The summed E-state index contributed by atoms with van der Waals surface area (Å²) in [6, 6.07) is 6.59. The highest BCUT2D eigenvalue weighted by Gasteiger charge is 2.11. The van der Waals surface area contributed by atoms with Gasteiger partial charge in [-0.15, -0.1) is 0 Å². The summed E-state index contributed by atoms with van der Waals surface area (Å²) in [5, 5.41) is 8.71. The molecule has 0 spiro atoms. The zero-order chi connectivity index (χ0) is 13.4. The van der Waals surface area contributed by atoms with Gasteiger partial charge in [-0.3, -0.25) is 4.79 Å². The fourth-order valence-corrected chi connectivity index (χ4v) is 1.61. The highest BCUT2D eigenvalue weighted by molar-refractivity contribution is 5.73. The highest BCUT2D eigenvalue weighted by Crippen LogP contribution is 2.13. The van der Waals surface area contributed by atoms with Gasteiger partial charge in [-0.05, 0) is 30.5 Å². The molecule has 100 valence electrons. The molecule has 0 amide bonds. The average molecular weight is 251 g/mol. The summed E-state index contributed by atoms with van der Waals surface area (Å²) in [7, 11) is 0. The van der Waals surface area contributed by atoms with Crippen LogP contribution in [-0.2, 0) is 11.2 Å². The number of hydrogen-bond donors (Lipinski definition) is 2. The van der Waals surface area contributed by atoms with E-state index in [4.69, 9.17) is 15.6 Å². The van der Waals surface area contributed by atoms with Crippen molar-refractivity contribution < 1.29 is 14.6 Å². The van der Waals surface area contributed by atoms with Gasteiger partial charge in [0.2, 0.25) is 0 Å². The minimum Gasteiger partial charge on any atom is -0.494 e. The van der Waals surface area contributed by atoms with Crippen LogP contribution in [0.5, 0.6) is 5.75 Å². The Morgan fingerprint density at radius 1 is 1.33 bits per heavy atom. The topological polar surface area (TPSA) is 72.5 Å². The Balaban J connectivity index is 2.40. The lowest BCUT2D eigenvalue weighted by atomic mass is 10.1. The Morgan fingerprint density at radius 3 is 2.56 bits per heavy atom. The number of rotatable bonds is 8. The molecule has 3 N–H and O–H groups in total. The molecule has 1 aromatic rings. The lowest BCUT2D eigenvalue weighted by Crippen LogP contribution is -2.32. The largest absolute Gasteiger partial charge is 0.494 e. The van der Waals surface area contributed by atoms with Gasteiger partial charge in [-0.25, -0.2) is 0 Å². The van der Waals surface area contributed by atoms with Crippen LogP contribution >= 0.6 is 0 Å². The molecule has 0 aliphatic rings. The first-order valence-corrected chi connectivity index (χ1v) is 6.33. The molecule has 1 rings (SSSR count). The summed E-state index contributed by atoms with van der Waals surface area (Å²) in [5.74, 6) is -0.159. The van der Waals surface area contributed by atoms with Crippen LogP contribution in [-0.4, -0.2) is 23.7 Å². The minimum atomic E-state index is -0.977. The van der Waals surface area contributed by atoms with Crippen molar-refractivity contribution in [1.29, 1.82) is 0 Å². The second-order valence-electron chi connectivity index (χ2n) is 4.35. The summed E-state index contributed by atoms with van der Waals surface area (Å²) >= 11 is 0. The summed E-state index contributed by atoms with van der Waals surface area (Å²) in [4.78, 5) is 10.6. The zero-order valence-corrected chi connectivity index (χ0v) is 10.8. The molecular weight excluding hydrogens is 230 g/mol. The number of carboxylic acid groups (broad SMARTS) is 1. The molecule has 18 heavy (non-hydrogen) atoms. The van der Waals surface area contributed by atoms with E-state index >= 15 is 0 Å². The first kappa shape index (κ1) is 14.5. The van der Waals surface area contributed by atoms with Crippen LogP contribution in [0.4, 0.5) is 0 Å². The Labute approximate surface area is 108 Å². The molecular formula is C14H21NO3. The summed E-state index contributed by atoms with van der Waals surface area (Å²) < 4.78 is 5.57. The van der Waals surface area contributed by atoms with E-state index in [1.807, 2.05) is 24.3 Å². The van der Waals surface area contributed by atoms with Gasteiger partial charge in [-0.1, -0.05) is 31.9 Å². The number of nitrogens with two attached hydrogens (primary N) is 1. The van der Waals surface area contributed by atoms with E-state index in [0.717, 1.165) is 24.3 Å². The van der Waals surface area contributed by atoms with Gasteiger partial charge < -0.3 is 15.6 Å². The number of carbonyl (C=O) groups is 1. The third-order valence-electron chi connectivity index (χ3n) is 2.71. The third kappa shape index (κ3) is 5.19. The maximum Gasteiger partial charge on any atom is 0.320 e. The summed E-state index contributed by atoms with van der Waals surface area (Å²) in [5.41, 5.74) is 6.38. The van der Waals surface area contributed by atoms with Crippen molar-refractivity contribution in [1.82, 2.24) is 0 Å². The Bertz CT molecular complexity index is 362. The molecule has 4 heteroatoms. The maximum absolute atomic E-state index is 10.6. The fraction of sp³-hybridized carbons (Fsp3) is 0.500. The summed E-state index contributed by atoms with van der Waals surface area (Å²) in [6.07, 6.45) is 3.74. The van der Waals surface area contributed by atoms with Crippen LogP contribution < -0.4 is 10.5 Å². The van der Waals surface area contributed by atoms with Crippen molar-refractivity contribution in [3.8, 4) is 5.75 Å². The lowest BCUT2D eigenvalue weighted by molar-refractivity contribution is -0.138. The van der Waals surface area contributed by atoms with Gasteiger partial charge >= 0.3 is 5.97 Å². The van der Waals surface area contributed by atoms with E-state index in [2.05, 4.69) is 6.92 Å². The molecule has 4 nitrogen and oxygen atoms in total. The molecule has 1 aromatic carbocycles. The van der Waals surface area contributed by atoms with Crippen molar-refractivity contribution in [2.45, 2.75) is 38.6 Å². The second-order valence-corrected chi connectivity index (χ2v) is 4.35. The monoisotopic (exact) mass is 251 g/mol. The van der Waals surface area contributed by atoms with Crippen molar-refractivity contribution in [3.63, 3.8) is 0 Å².